The molecule has 0 amide bonds. The maximum absolute atomic E-state index is 12.0. The van der Waals surface area contributed by atoms with Gasteiger partial charge in [-0.15, -0.1) is 0 Å². The highest BCUT2D eigenvalue weighted by Crippen LogP contribution is 2.24. The van der Waals surface area contributed by atoms with E-state index >= 15 is 0 Å². The van der Waals surface area contributed by atoms with Gasteiger partial charge in [-0.05, 0) is 24.6 Å². The number of hydrogen-bond acceptors (Lipinski definition) is 3. The molecule has 0 unspecified atom stereocenters. The number of nitrogens with one attached hydrogen (secondary N) is 1. The predicted octanol–water partition coefficient (Wildman–Crippen LogP) is 3.18. The second kappa shape index (κ2) is 8.59. The Morgan fingerprint density at radius 1 is 1.32 bits per heavy atom. The molecule has 0 aliphatic carbocycles. The summed E-state index contributed by atoms with van der Waals surface area (Å²) in [6.45, 7) is 1.45. The second-order valence-electron chi connectivity index (χ2n) is 3.63. The van der Waals surface area contributed by atoms with Gasteiger partial charge in [-0.25, -0.2) is 13.1 Å². The summed E-state index contributed by atoms with van der Waals surface area (Å²) >= 11 is 12.4. The molecule has 19 heavy (non-hydrogen) atoms. The van der Waals surface area contributed by atoms with E-state index < -0.39 is 10.0 Å². The molecule has 0 aliphatic heterocycles. The van der Waals surface area contributed by atoms with Gasteiger partial charge in [0.25, 0.3) is 0 Å². The highest BCUT2D eigenvalue weighted by Gasteiger charge is 2.17. The van der Waals surface area contributed by atoms with Crippen molar-refractivity contribution in [3.63, 3.8) is 0 Å². The summed E-state index contributed by atoms with van der Waals surface area (Å²) in [5, 5.41) is 0.963. The predicted molar refractivity (Wildman–Crippen MR) is 83.6 cm³/mol. The minimum Gasteiger partial charge on any atom is -0.381 e. The van der Waals surface area contributed by atoms with E-state index in [1.54, 1.807) is 12.1 Å². The van der Waals surface area contributed by atoms with Gasteiger partial charge >= 0.3 is 0 Å². The summed E-state index contributed by atoms with van der Waals surface area (Å²) in [6.07, 6.45) is 0.611. The molecule has 0 aromatic heterocycles. The average Bonchev–Trinajstić information content (AvgIpc) is 2.33. The molecule has 0 heterocycles. The molecule has 8 heteroatoms. The van der Waals surface area contributed by atoms with Crippen molar-refractivity contribution in [3.05, 3.63) is 27.7 Å². The van der Waals surface area contributed by atoms with Crippen LogP contribution in [0.2, 0.25) is 5.02 Å². The zero-order valence-electron chi connectivity index (χ0n) is 10.0. The molecule has 0 aliphatic rings. The molecule has 0 fully saturated rings. The molecule has 0 spiro atoms. The summed E-state index contributed by atoms with van der Waals surface area (Å²) < 4.78 is 32.4. The molecule has 0 atom stereocenters. The van der Waals surface area contributed by atoms with Crippen molar-refractivity contribution in [2.24, 2.45) is 0 Å². The van der Waals surface area contributed by atoms with Gasteiger partial charge in [-0.3, -0.25) is 0 Å². The maximum atomic E-state index is 12.0. The largest absolute Gasteiger partial charge is 0.381 e. The molecule has 4 nitrogen and oxygen atoms in total. The number of ether oxygens (including phenoxy) is 1. The van der Waals surface area contributed by atoms with Gasteiger partial charge in [0.2, 0.25) is 10.0 Å². The van der Waals surface area contributed by atoms with Gasteiger partial charge in [-0.2, -0.15) is 0 Å². The summed E-state index contributed by atoms with van der Waals surface area (Å²) in [6, 6.07) is 4.66. The van der Waals surface area contributed by atoms with Gasteiger partial charge in [-0.1, -0.05) is 43.5 Å². The third-order valence-electron chi connectivity index (χ3n) is 2.16. The van der Waals surface area contributed by atoms with E-state index in [1.165, 1.54) is 6.07 Å². The number of sulfonamides is 1. The van der Waals surface area contributed by atoms with Crippen molar-refractivity contribution in [1.29, 1.82) is 0 Å². The lowest BCUT2D eigenvalue weighted by molar-refractivity contribution is 0.149. The minimum atomic E-state index is -3.57. The quantitative estimate of drug-likeness (QED) is 0.504. The summed E-state index contributed by atoms with van der Waals surface area (Å²) in [7, 11) is -3.57. The topological polar surface area (TPSA) is 55.4 Å². The Hall–Kier alpha value is 0.340. The lowest BCUT2D eigenvalue weighted by Crippen LogP contribution is -2.26. The van der Waals surface area contributed by atoms with Crippen LogP contribution in [0.4, 0.5) is 0 Å². The molecule has 1 N–H and O–H groups in total. The van der Waals surface area contributed by atoms with Crippen molar-refractivity contribution in [2.45, 2.75) is 11.3 Å². The van der Waals surface area contributed by atoms with Crippen LogP contribution in [0.25, 0.3) is 0 Å². The monoisotopic (exact) mass is 433 g/mol. The molecule has 1 rings (SSSR count). The molecule has 1 aromatic carbocycles. The van der Waals surface area contributed by atoms with Crippen LogP contribution in [0.15, 0.2) is 27.6 Å². The second-order valence-corrected chi connectivity index (χ2v) is 7.48. The fourth-order valence-corrected chi connectivity index (χ4v) is 3.65. The zero-order chi connectivity index (χ0) is 14.3. The van der Waals surface area contributed by atoms with Crippen LogP contribution in [0.5, 0.6) is 0 Å². The van der Waals surface area contributed by atoms with Crippen molar-refractivity contribution in [1.82, 2.24) is 4.72 Å². The van der Waals surface area contributed by atoms with Crippen molar-refractivity contribution in [2.75, 3.05) is 25.1 Å². The Labute approximate surface area is 135 Å². The summed E-state index contributed by atoms with van der Waals surface area (Å²) in [5.41, 5.74) is 0. The van der Waals surface area contributed by atoms with Gasteiger partial charge in [0, 0.05) is 23.0 Å². The molecule has 0 saturated carbocycles. The molecule has 108 valence electrons. The molecule has 0 radical (unpaired) electrons. The van der Waals surface area contributed by atoms with Crippen molar-refractivity contribution in [3.8, 4) is 0 Å². The first-order valence-corrected chi connectivity index (χ1v) is 9.33. The minimum absolute atomic E-state index is 0.0822. The number of alkyl halides is 1. The van der Waals surface area contributed by atoms with Crippen LogP contribution in [0.3, 0.4) is 0 Å². The molecular formula is C11H14Br2ClNO3S. The highest BCUT2D eigenvalue weighted by atomic mass is 79.9. The third kappa shape index (κ3) is 6.10. The van der Waals surface area contributed by atoms with Gasteiger partial charge in [0.1, 0.15) is 4.90 Å². The van der Waals surface area contributed by atoms with Crippen LogP contribution in [0, 0.1) is 0 Å². The lowest BCUT2D eigenvalue weighted by Gasteiger charge is -2.08. The fraction of sp³-hybridized carbons (Fsp3) is 0.455. The number of halogens is 3. The maximum Gasteiger partial charge on any atom is 0.242 e. The van der Waals surface area contributed by atoms with Gasteiger partial charge < -0.3 is 4.74 Å². The summed E-state index contributed by atoms with van der Waals surface area (Å²) in [4.78, 5) is 0.0822. The molecule has 0 bridgehead atoms. The Balaban J connectivity index is 2.52. The highest BCUT2D eigenvalue weighted by molar-refractivity contribution is 9.10. The zero-order valence-corrected chi connectivity index (χ0v) is 14.8. The van der Waals surface area contributed by atoms with Crippen molar-refractivity contribution < 1.29 is 13.2 Å². The number of benzene rings is 1. The standard InChI is InChI=1S/C11H14Br2ClNO3S/c12-4-7-18-6-1-5-15-19(16,17)11-3-2-9(13)8-10(11)14/h2-3,8,15H,1,4-7H2. The van der Waals surface area contributed by atoms with Crippen molar-refractivity contribution >= 4 is 53.5 Å². The lowest BCUT2D eigenvalue weighted by atomic mass is 10.4. The average molecular weight is 436 g/mol. The van der Waals surface area contributed by atoms with E-state index in [0.29, 0.717) is 26.2 Å². The van der Waals surface area contributed by atoms with E-state index in [0.717, 1.165) is 9.80 Å². The van der Waals surface area contributed by atoms with Crippen LogP contribution >= 0.6 is 43.5 Å². The first kappa shape index (κ1) is 17.4. The van der Waals surface area contributed by atoms with E-state index in [-0.39, 0.29) is 9.92 Å². The Bertz CT molecular complexity index is 511. The number of hydrogen-bond donors (Lipinski definition) is 1. The van der Waals surface area contributed by atoms with E-state index in [2.05, 4.69) is 36.6 Å². The molecule has 0 saturated heterocycles. The van der Waals surface area contributed by atoms with Gasteiger partial charge in [0.15, 0.2) is 0 Å². The van der Waals surface area contributed by atoms with E-state index in [1.807, 2.05) is 0 Å². The van der Waals surface area contributed by atoms with E-state index in [9.17, 15) is 8.42 Å². The Morgan fingerprint density at radius 2 is 2.05 bits per heavy atom. The normalized spacial score (nSPS) is 11.7. The SMILES string of the molecule is O=S(=O)(NCCCOCCBr)c1ccc(Br)cc1Cl. The first-order valence-electron chi connectivity index (χ1n) is 5.56. The van der Waals surface area contributed by atoms with Crippen LogP contribution in [-0.2, 0) is 14.8 Å². The van der Waals surface area contributed by atoms with Gasteiger partial charge in [0.05, 0.1) is 11.6 Å². The van der Waals surface area contributed by atoms with Crippen LogP contribution in [-0.4, -0.2) is 33.5 Å². The van der Waals surface area contributed by atoms with Crippen LogP contribution < -0.4 is 4.72 Å². The van der Waals surface area contributed by atoms with E-state index in [4.69, 9.17) is 16.3 Å². The summed E-state index contributed by atoms with van der Waals surface area (Å²) in [5.74, 6) is 0. The smallest absolute Gasteiger partial charge is 0.242 e. The third-order valence-corrected chi connectivity index (χ3v) is 4.92. The number of rotatable bonds is 8. The molecular weight excluding hydrogens is 421 g/mol. The fourth-order valence-electron chi connectivity index (χ4n) is 1.31. The molecule has 1 aromatic rings. The Kier molecular flexibility index (Phi) is 7.86. The Morgan fingerprint density at radius 3 is 2.68 bits per heavy atom. The van der Waals surface area contributed by atoms with Crippen LogP contribution in [0.1, 0.15) is 6.42 Å². The first-order chi connectivity index (χ1) is 8.97.